The van der Waals surface area contributed by atoms with E-state index in [0.717, 1.165) is 6.42 Å². The number of esters is 1. The molecule has 94 valence electrons. The van der Waals surface area contributed by atoms with Crippen molar-refractivity contribution in [3.8, 4) is 0 Å². The van der Waals surface area contributed by atoms with E-state index in [1.807, 2.05) is 34.6 Å². The standard InChI is InChI=1S/C12H23NO3/c1-11(2,3)16-10(14)7-6-9-8-15-12(4,5)13-9/h9,13H,6-8H2,1-5H3/t9-/m1/s1. The van der Waals surface area contributed by atoms with Crippen molar-refractivity contribution in [3.63, 3.8) is 0 Å². The normalized spacial score (nSPS) is 24.4. The third kappa shape index (κ3) is 4.94. The number of ether oxygens (including phenoxy) is 2. The topological polar surface area (TPSA) is 47.6 Å². The molecule has 0 amide bonds. The van der Waals surface area contributed by atoms with Crippen molar-refractivity contribution < 1.29 is 14.3 Å². The van der Waals surface area contributed by atoms with Gasteiger partial charge in [0, 0.05) is 12.5 Å². The number of hydrogen-bond donors (Lipinski definition) is 1. The van der Waals surface area contributed by atoms with Crippen LogP contribution in [0.3, 0.4) is 0 Å². The average molecular weight is 229 g/mol. The van der Waals surface area contributed by atoms with Crippen LogP contribution in [0.15, 0.2) is 0 Å². The molecule has 0 aromatic carbocycles. The minimum atomic E-state index is -0.393. The molecular weight excluding hydrogens is 206 g/mol. The lowest BCUT2D eigenvalue weighted by Crippen LogP contribution is -2.38. The van der Waals surface area contributed by atoms with Gasteiger partial charge in [-0.2, -0.15) is 0 Å². The molecule has 0 radical (unpaired) electrons. The molecule has 1 atom stereocenters. The lowest BCUT2D eigenvalue weighted by Gasteiger charge is -2.20. The van der Waals surface area contributed by atoms with Crippen LogP contribution in [0, 0.1) is 0 Å². The summed E-state index contributed by atoms with van der Waals surface area (Å²) in [7, 11) is 0. The quantitative estimate of drug-likeness (QED) is 0.750. The zero-order valence-corrected chi connectivity index (χ0v) is 10.9. The van der Waals surface area contributed by atoms with Crippen LogP contribution >= 0.6 is 0 Å². The Kier molecular flexibility index (Phi) is 3.97. The van der Waals surface area contributed by atoms with Gasteiger partial charge in [0.1, 0.15) is 11.3 Å². The van der Waals surface area contributed by atoms with E-state index >= 15 is 0 Å². The van der Waals surface area contributed by atoms with E-state index in [2.05, 4.69) is 5.32 Å². The molecule has 0 bridgehead atoms. The minimum Gasteiger partial charge on any atom is -0.460 e. The molecular formula is C12H23NO3. The number of hydrogen-bond acceptors (Lipinski definition) is 4. The second-order valence-electron chi connectivity index (χ2n) is 5.79. The van der Waals surface area contributed by atoms with Gasteiger partial charge in [0.15, 0.2) is 0 Å². The van der Waals surface area contributed by atoms with Crippen LogP contribution in [0.5, 0.6) is 0 Å². The summed E-state index contributed by atoms with van der Waals surface area (Å²) in [6.45, 7) is 10.3. The number of rotatable bonds is 3. The molecule has 0 spiro atoms. The summed E-state index contributed by atoms with van der Waals surface area (Å²) in [6, 6.07) is 0.252. The van der Waals surface area contributed by atoms with E-state index in [1.165, 1.54) is 0 Å². The molecule has 1 saturated heterocycles. The molecule has 1 rings (SSSR count). The molecule has 1 heterocycles. The van der Waals surface area contributed by atoms with Crippen LogP contribution in [0.1, 0.15) is 47.5 Å². The smallest absolute Gasteiger partial charge is 0.306 e. The molecule has 1 N–H and O–H groups in total. The van der Waals surface area contributed by atoms with Gasteiger partial charge in [-0.15, -0.1) is 0 Å². The van der Waals surface area contributed by atoms with Crippen molar-refractivity contribution in [2.24, 2.45) is 0 Å². The van der Waals surface area contributed by atoms with Crippen LogP contribution in [0.25, 0.3) is 0 Å². The summed E-state index contributed by atoms with van der Waals surface area (Å²) in [4.78, 5) is 11.5. The molecule has 1 aliphatic heterocycles. The predicted molar refractivity (Wildman–Crippen MR) is 62.0 cm³/mol. The maximum absolute atomic E-state index is 11.5. The fourth-order valence-corrected chi connectivity index (χ4v) is 1.72. The summed E-state index contributed by atoms with van der Waals surface area (Å²) in [5.74, 6) is -0.140. The van der Waals surface area contributed by atoms with Gasteiger partial charge in [-0.05, 0) is 41.0 Å². The van der Waals surface area contributed by atoms with Crippen molar-refractivity contribution in [1.29, 1.82) is 0 Å². The molecule has 0 aromatic heterocycles. The first-order valence-corrected chi connectivity index (χ1v) is 5.81. The minimum absolute atomic E-state index is 0.140. The van der Waals surface area contributed by atoms with E-state index in [9.17, 15) is 4.79 Å². The maximum atomic E-state index is 11.5. The van der Waals surface area contributed by atoms with Gasteiger partial charge in [-0.25, -0.2) is 0 Å². The van der Waals surface area contributed by atoms with Gasteiger partial charge in [0.2, 0.25) is 0 Å². The lowest BCUT2D eigenvalue weighted by atomic mass is 10.1. The van der Waals surface area contributed by atoms with Gasteiger partial charge in [0.05, 0.1) is 6.61 Å². The van der Waals surface area contributed by atoms with E-state index < -0.39 is 5.60 Å². The molecule has 0 aliphatic carbocycles. The first-order chi connectivity index (χ1) is 7.18. The summed E-state index contributed by atoms with van der Waals surface area (Å²) in [6.07, 6.45) is 1.20. The third-order valence-electron chi connectivity index (χ3n) is 2.31. The summed E-state index contributed by atoms with van der Waals surface area (Å²) in [5.41, 5.74) is -0.658. The van der Waals surface area contributed by atoms with Gasteiger partial charge in [0.25, 0.3) is 0 Å². The maximum Gasteiger partial charge on any atom is 0.306 e. The first kappa shape index (κ1) is 13.5. The fraction of sp³-hybridized carbons (Fsp3) is 0.917. The first-order valence-electron chi connectivity index (χ1n) is 5.81. The highest BCUT2D eigenvalue weighted by molar-refractivity contribution is 5.69. The number of nitrogens with one attached hydrogen (secondary N) is 1. The van der Waals surface area contributed by atoms with Gasteiger partial charge >= 0.3 is 5.97 Å². The van der Waals surface area contributed by atoms with E-state index in [-0.39, 0.29) is 17.7 Å². The Labute approximate surface area is 97.7 Å². The second-order valence-corrected chi connectivity index (χ2v) is 5.79. The molecule has 16 heavy (non-hydrogen) atoms. The van der Waals surface area contributed by atoms with Crippen molar-refractivity contribution in [2.45, 2.75) is 64.8 Å². The molecule has 1 fully saturated rings. The summed E-state index contributed by atoms with van der Waals surface area (Å²) >= 11 is 0. The monoisotopic (exact) mass is 229 g/mol. The Morgan fingerprint density at radius 3 is 2.56 bits per heavy atom. The average Bonchev–Trinajstić information content (AvgIpc) is 2.39. The van der Waals surface area contributed by atoms with Crippen LogP contribution in [0.4, 0.5) is 0 Å². The third-order valence-corrected chi connectivity index (χ3v) is 2.31. The van der Waals surface area contributed by atoms with E-state index in [1.54, 1.807) is 0 Å². The Hall–Kier alpha value is -0.610. The zero-order chi connectivity index (χ0) is 12.4. The predicted octanol–water partition coefficient (Wildman–Crippen LogP) is 1.83. The molecule has 4 nitrogen and oxygen atoms in total. The van der Waals surface area contributed by atoms with Gasteiger partial charge < -0.3 is 9.47 Å². The van der Waals surface area contributed by atoms with Crippen LogP contribution in [0.2, 0.25) is 0 Å². The van der Waals surface area contributed by atoms with Crippen molar-refractivity contribution >= 4 is 5.97 Å². The van der Waals surface area contributed by atoms with Gasteiger partial charge in [-0.1, -0.05) is 0 Å². The van der Waals surface area contributed by atoms with E-state index in [4.69, 9.17) is 9.47 Å². The highest BCUT2D eigenvalue weighted by Crippen LogP contribution is 2.18. The summed E-state index contributed by atoms with van der Waals surface area (Å²) < 4.78 is 10.8. The SMILES string of the molecule is CC(C)(C)OC(=O)CC[C@@H]1COC(C)(C)N1. The molecule has 4 heteroatoms. The number of carbonyl (C=O) groups is 1. The second kappa shape index (κ2) is 4.72. The highest BCUT2D eigenvalue weighted by atomic mass is 16.6. The Morgan fingerprint density at radius 1 is 1.50 bits per heavy atom. The fourth-order valence-electron chi connectivity index (χ4n) is 1.72. The molecule has 1 aliphatic rings. The van der Waals surface area contributed by atoms with Crippen LogP contribution < -0.4 is 5.32 Å². The molecule has 0 unspecified atom stereocenters. The van der Waals surface area contributed by atoms with Gasteiger partial charge in [-0.3, -0.25) is 10.1 Å². The highest BCUT2D eigenvalue weighted by Gasteiger charge is 2.31. The van der Waals surface area contributed by atoms with Crippen molar-refractivity contribution in [2.75, 3.05) is 6.61 Å². The summed E-state index contributed by atoms with van der Waals surface area (Å²) in [5, 5.41) is 3.32. The molecule has 0 saturated carbocycles. The Balaban J connectivity index is 2.23. The van der Waals surface area contributed by atoms with Crippen LogP contribution in [-0.4, -0.2) is 29.9 Å². The van der Waals surface area contributed by atoms with Crippen LogP contribution in [-0.2, 0) is 14.3 Å². The zero-order valence-electron chi connectivity index (χ0n) is 10.9. The Bertz CT molecular complexity index is 255. The van der Waals surface area contributed by atoms with Crippen molar-refractivity contribution in [3.05, 3.63) is 0 Å². The largest absolute Gasteiger partial charge is 0.460 e. The van der Waals surface area contributed by atoms with E-state index in [0.29, 0.717) is 13.0 Å². The number of carbonyl (C=O) groups excluding carboxylic acids is 1. The Morgan fingerprint density at radius 2 is 2.12 bits per heavy atom. The van der Waals surface area contributed by atoms with Crippen molar-refractivity contribution in [1.82, 2.24) is 5.32 Å². The lowest BCUT2D eigenvalue weighted by molar-refractivity contribution is -0.155. The molecule has 0 aromatic rings.